The van der Waals surface area contributed by atoms with Crippen molar-refractivity contribution in [3.63, 3.8) is 0 Å². The third kappa shape index (κ3) is 7.28. The number of para-hydroxylation sites is 2. The molecule has 1 aliphatic rings. The normalized spacial score (nSPS) is 12.8. The van der Waals surface area contributed by atoms with Gasteiger partial charge in [-0.25, -0.2) is 0 Å². The Kier molecular flexibility index (Phi) is 9.73. The van der Waals surface area contributed by atoms with Gasteiger partial charge in [0.1, 0.15) is 5.70 Å². The molecule has 5 aromatic carbocycles. The highest BCUT2D eigenvalue weighted by Crippen LogP contribution is 2.48. The molecule has 1 atom stereocenters. The zero-order valence-corrected chi connectivity index (χ0v) is 27.9. The van der Waals surface area contributed by atoms with Gasteiger partial charge in [-0.15, -0.1) is 11.8 Å². The van der Waals surface area contributed by atoms with Crippen molar-refractivity contribution in [2.45, 2.75) is 26.9 Å². The fourth-order valence-electron chi connectivity index (χ4n) is 4.90. The predicted octanol–water partition coefficient (Wildman–Crippen LogP) is 9.17. The topological polar surface area (TPSA) is 78.5 Å². The lowest BCUT2D eigenvalue weighted by Crippen LogP contribution is -2.34. The van der Waals surface area contributed by atoms with E-state index in [1.807, 2.05) is 103 Å². The Morgan fingerprint density at radius 2 is 1.41 bits per heavy atom. The molecule has 2 N–H and O–H groups in total. The van der Waals surface area contributed by atoms with Crippen LogP contribution in [0.1, 0.15) is 22.8 Å². The van der Waals surface area contributed by atoms with E-state index in [9.17, 15) is 14.4 Å². The van der Waals surface area contributed by atoms with Crippen LogP contribution in [0.25, 0.3) is 6.08 Å². The van der Waals surface area contributed by atoms with Crippen LogP contribution in [0.4, 0.5) is 17.1 Å². The van der Waals surface area contributed by atoms with Gasteiger partial charge >= 0.3 is 0 Å². The van der Waals surface area contributed by atoms with Gasteiger partial charge < -0.3 is 10.6 Å². The van der Waals surface area contributed by atoms with Crippen LogP contribution >= 0.6 is 39.5 Å². The minimum absolute atomic E-state index is 0.0148. The number of anilines is 3. The molecule has 0 aliphatic carbocycles. The fraction of sp³-hybridized carbons (Fsp3) is 0.0541. The van der Waals surface area contributed by atoms with Gasteiger partial charge in [-0.05, 0) is 91.4 Å². The summed E-state index contributed by atoms with van der Waals surface area (Å²) < 4.78 is 0.851. The Labute approximate surface area is 284 Å². The SMILES string of the molecule is CC(Sc1ccc(NC(=O)/C(=C/c2cccc(Br)c2)NC(=O)c2ccccc2)cc1)C(=O)N1c2ccccc2Sc2ccccc21. The smallest absolute Gasteiger partial charge is 0.272 e. The zero-order chi connectivity index (χ0) is 32.0. The molecule has 46 heavy (non-hydrogen) atoms. The van der Waals surface area contributed by atoms with Crippen molar-refractivity contribution in [2.75, 3.05) is 10.2 Å². The van der Waals surface area contributed by atoms with Crippen molar-refractivity contribution in [1.29, 1.82) is 0 Å². The molecule has 0 aromatic heterocycles. The summed E-state index contributed by atoms with van der Waals surface area (Å²) in [4.78, 5) is 45.0. The molecule has 0 spiro atoms. The molecule has 0 saturated carbocycles. The van der Waals surface area contributed by atoms with E-state index in [2.05, 4.69) is 26.6 Å². The van der Waals surface area contributed by atoms with Crippen molar-refractivity contribution in [2.24, 2.45) is 0 Å². The molecular formula is C37H28BrN3O3S2. The van der Waals surface area contributed by atoms with Crippen molar-refractivity contribution in [3.05, 3.63) is 149 Å². The van der Waals surface area contributed by atoms with Gasteiger partial charge in [-0.3, -0.25) is 19.3 Å². The van der Waals surface area contributed by atoms with E-state index in [0.29, 0.717) is 11.3 Å². The van der Waals surface area contributed by atoms with Crippen molar-refractivity contribution in [1.82, 2.24) is 5.32 Å². The molecule has 0 bridgehead atoms. The maximum Gasteiger partial charge on any atom is 0.272 e. The number of nitrogens with one attached hydrogen (secondary N) is 2. The van der Waals surface area contributed by atoms with Crippen LogP contribution in [0.15, 0.2) is 152 Å². The Bertz CT molecular complexity index is 1900. The molecule has 1 heterocycles. The van der Waals surface area contributed by atoms with E-state index in [-0.39, 0.29) is 22.8 Å². The maximum atomic E-state index is 13.9. The summed E-state index contributed by atoms with van der Waals surface area (Å²) in [5.41, 5.74) is 3.61. The van der Waals surface area contributed by atoms with Crippen LogP contribution < -0.4 is 15.5 Å². The van der Waals surface area contributed by atoms with Gasteiger partial charge in [0.2, 0.25) is 5.91 Å². The minimum Gasteiger partial charge on any atom is -0.321 e. The van der Waals surface area contributed by atoms with Gasteiger partial charge in [0.05, 0.1) is 16.6 Å². The molecule has 0 radical (unpaired) electrons. The number of amides is 3. The largest absolute Gasteiger partial charge is 0.321 e. The van der Waals surface area contributed by atoms with Crippen LogP contribution in [0, 0.1) is 0 Å². The first-order valence-electron chi connectivity index (χ1n) is 14.5. The van der Waals surface area contributed by atoms with Gasteiger partial charge in [0.15, 0.2) is 0 Å². The van der Waals surface area contributed by atoms with E-state index < -0.39 is 5.91 Å². The molecule has 6 nitrogen and oxygen atoms in total. The summed E-state index contributed by atoms with van der Waals surface area (Å²) >= 11 is 6.58. The minimum atomic E-state index is -0.464. The average molecular weight is 707 g/mol. The number of carbonyl (C=O) groups excluding carboxylic acids is 3. The zero-order valence-electron chi connectivity index (χ0n) is 24.6. The van der Waals surface area contributed by atoms with E-state index >= 15 is 0 Å². The summed E-state index contributed by atoms with van der Waals surface area (Å²) in [5, 5.41) is 5.28. The predicted molar refractivity (Wildman–Crippen MR) is 191 cm³/mol. The van der Waals surface area contributed by atoms with Crippen LogP contribution in [0.2, 0.25) is 0 Å². The van der Waals surface area contributed by atoms with Crippen molar-refractivity contribution < 1.29 is 14.4 Å². The lowest BCUT2D eigenvalue weighted by Gasteiger charge is -2.32. The Morgan fingerprint density at radius 1 is 0.783 bits per heavy atom. The molecule has 3 amide bonds. The van der Waals surface area contributed by atoms with Gasteiger partial charge in [0, 0.05) is 30.4 Å². The summed E-state index contributed by atoms with van der Waals surface area (Å²) in [6.07, 6.45) is 1.63. The second-order valence-electron chi connectivity index (χ2n) is 10.4. The van der Waals surface area contributed by atoms with E-state index in [1.54, 1.807) is 54.2 Å². The van der Waals surface area contributed by atoms with Crippen LogP contribution in [-0.2, 0) is 9.59 Å². The van der Waals surface area contributed by atoms with Crippen LogP contribution in [0.3, 0.4) is 0 Å². The quantitative estimate of drug-likeness (QED) is 0.124. The number of halogens is 1. The second-order valence-corrected chi connectivity index (χ2v) is 13.8. The average Bonchev–Trinajstić information content (AvgIpc) is 3.07. The monoisotopic (exact) mass is 705 g/mol. The lowest BCUT2D eigenvalue weighted by molar-refractivity contribution is -0.117. The third-order valence-corrected chi connectivity index (χ3v) is 9.84. The molecule has 1 unspecified atom stereocenters. The highest BCUT2D eigenvalue weighted by molar-refractivity contribution is 9.10. The Morgan fingerprint density at radius 3 is 2.07 bits per heavy atom. The highest BCUT2D eigenvalue weighted by Gasteiger charge is 2.31. The summed E-state index contributed by atoms with van der Waals surface area (Å²) in [7, 11) is 0. The first-order chi connectivity index (χ1) is 22.4. The molecule has 228 valence electrons. The number of nitrogens with zero attached hydrogens (tertiary/aromatic N) is 1. The molecule has 0 saturated heterocycles. The number of fused-ring (bicyclic) bond motifs is 2. The first kappa shape index (κ1) is 31.4. The van der Waals surface area contributed by atoms with Crippen LogP contribution in [-0.4, -0.2) is 23.0 Å². The highest BCUT2D eigenvalue weighted by atomic mass is 79.9. The van der Waals surface area contributed by atoms with Gasteiger partial charge in [-0.2, -0.15) is 0 Å². The van der Waals surface area contributed by atoms with E-state index in [1.165, 1.54) is 11.8 Å². The number of hydrogen-bond acceptors (Lipinski definition) is 5. The standard InChI is InChI=1S/C37H28BrN3O3S2/c1-24(37(44)41-31-14-5-7-16-33(31)46-34-17-8-6-15-32(34)41)45-29-20-18-28(19-21-29)39-36(43)30(23-25-10-9-13-27(38)22-25)40-35(42)26-11-3-2-4-12-26/h2-24H,1H3,(H,39,43)(H,40,42)/b30-23-. The summed E-state index contributed by atoms with van der Waals surface area (Å²) in [5.74, 6) is -0.868. The Balaban J connectivity index is 1.16. The van der Waals surface area contributed by atoms with E-state index in [0.717, 1.165) is 36.1 Å². The summed E-state index contributed by atoms with van der Waals surface area (Å²) in [6.45, 7) is 1.91. The molecule has 1 aliphatic heterocycles. The third-order valence-electron chi connectivity index (χ3n) is 7.11. The van der Waals surface area contributed by atoms with E-state index in [4.69, 9.17) is 0 Å². The Hall–Kier alpha value is -4.57. The van der Waals surface area contributed by atoms with Crippen molar-refractivity contribution >= 4 is 80.3 Å². The number of rotatable bonds is 8. The molecule has 6 rings (SSSR count). The summed E-state index contributed by atoms with van der Waals surface area (Å²) in [6, 6.07) is 39.4. The maximum absolute atomic E-state index is 13.9. The number of benzene rings is 5. The lowest BCUT2D eigenvalue weighted by atomic mass is 10.1. The molecular weight excluding hydrogens is 678 g/mol. The molecule has 9 heteroatoms. The number of hydrogen-bond donors (Lipinski definition) is 2. The van der Waals surface area contributed by atoms with Gasteiger partial charge in [-0.1, -0.05) is 82.3 Å². The fourth-order valence-corrected chi connectivity index (χ4v) is 7.28. The van der Waals surface area contributed by atoms with Crippen LogP contribution in [0.5, 0.6) is 0 Å². The number of thioether (sulfide) groups is 1. The second kappa shape index (κ2) is 14.2. The number of carbonyl (C=O) groups is 3. The van der Waals surface area contributed by atoms with Crippen molar-refractivity contribution in [3.8, 4) is 0 Å². The first-order valence-corrected chi connectivity index (χ1v) is 17.0. The molecule has 5 aromatic rings. The molecule has 0 fully saturated rings. The van der Waals surface area contributed by atoms with Gasteiger partial charge in [0.25, 0.3) is 11.8 Å².